The third kappa shape index (κ3) is 1.57. The van der Waals surface area contributed by atoms with Crippen molar-refractivity contribution in [1.82, 2.24) is 4.40 Å². The molecular formula is C18H18N3+. The fourth-order valence-corrected chi connectivity index (χ4v) is 3.34. The van der Waals surface area contributed by atoms with E-state index in [0.29, 0.717) is 0 Å². The molecule has 0 aliphatic heterocycles. The van der Waals surface area contributed by atoms with Crippen LogP contribution in [0.5, 0.6) is 0 Å². The predicted molar refractivity (Wildman–Crippen MR) is 87.5 cm³/mol. The number of benzene rings is 1. The van der Waals surface area contributed by atoms with Gasteiger partial charge in [0.15, 0.2) is 12.4 Å². The quantitative estimate of drug-likeness (QED) is 0.388. The van der Waals surface area contributed by atoms with E-state index in [4.69, 9.17) is 5.73 Å². The highest BCUT2D eigenvalue weighted by atomic mass is 14.9. The van der Waals surface area contributed by atoms with Crippen LogP contribution in [-0.4, -0.2) is 4.40 Å². The summed E-state index contributed by atoms with van der Waals surface area (Å²) in [6.07, 6.45) is 6.50. The number of anilines is 1. The summed E-state index contributed by atoms with van der Waals surface area (Å²) < 4.78 is 4.40. The van der Waals surface area contributed by atoms with Gasteiger partial charge in [-0.25, -0.2) is 4.57 Å². The Hall–Kier alpha value is -2.55. The molecule has 3 nitrogen and oxygen atoms in total. The zero-order valence-corrected chi connectivity index (χ0v) is 12.5. The smallest absolute Gasteiger partial charge is 0.176 e. The van der Waals surface area contributed by atoms with Gasteiger partial charge in [0.2, 0.25) is 0 Å². The summed E-state index contributed by atoms with van der Waals surface area (Å²) in [5, 5.41) is 5.05. The normalized spacial score (nSPS) is 11.8. The van der Waals surface area contributed by atoms with Gasteiger partial charge in [-0.1, -0.05) is 6.07 Å². The number of nitrogens with two attached hydrogens (primary N) is 1. The van der Waals surface area contributed by atoms with E-state index in [1.54, 1.807) is 0 Å². The van der Waals surface area contributed by atoms with Crippen molar-refractivity contribution in [1.29, 1.82) is 0 Å². The highest BCUT2D eigenvalue weighted by Crippen LogP contribution is 2.32. The van der Waals surface area contributed by atoms with Crippen molar-refractivity contribution in [3.8, 4) is 0 Å². The first-order chi connectivity index (χ1) is 10.1. The highest BCUT2D eigenvalue weighted by Gasteiger charge is 2.14. The van der Waals surface area contributed by atoms with Crippen molar-refractivity contribution in [2.75, 3.05) is 5.73 Å². The average molecular weight is 276 g/mol. The van der Waals surface area contributed by atoms with Gasteiger partial charge < -0.3 is 10.1 Å². The molecule has 21 heavy (non-hydrogen) atoms. The van der Waals surface area contributed by atoms with Crippen LogP contribution in [0.15, 0.2) is 42.9 Å². The number of nitrogens with zero attached hydrogens (tertiary/aromatic N) is 2. The molecule has 0 bridgehead atoms. The van der Waals surface area contributed by atoms with Crippen molar-refractivity contribution in [2.24, 2.45) is 7.05 Å². The second kappa shape index (κ2) is 3.98. The highest BCUT2D eigenvalue weighted by molar-refractivity contribution is 6.05. The first kappa shape index (κ1) is 12.2. The van der Waals surface area contributed by atoms with Crippen molar-refractivity contribution in [3.05, 3.63) is 54.1 Å². The molecule has 0 aliphatic carbocycles. The fraction of sp³-hybridized carbons (Fsp3) is 0.167. The van der Waals surface area contributed by atoms with Crippen molar-refractivity contribution >= 4 is 32.7 Å². The number of fused-ring (bicyclic) bond motifs is 4. The molecule has 3 heteroatoms. The molecule has 0 aliphatic rings. The zero-order chi connectivity index (χ0) is 14.7. The van der Waals surface area contributed by atoms with Crippen LogP contribution in [0.25, 0.3) is 27.1 Å². The number of hydrogen-bond acceptors (Lipinski definition) is 1. The Bertz CT molecular complexity index is 1030. The molecule has 0 spiro atoms. The van der Waals surface area contributed by atoms with E-state index in [0.717, 1.165) is 5.69 Å². The second-order valence-corrected chi connectivity index (χ2v) is 5.84. The molecule has 0 unspecified atom stereocenters. The van der Waals surface area contributed by atoms with Crippen LogP contribution < -0.4 is 10.3 Å². The lowest BCUT2D eigenvalue weighted by atomic mass is 10.0. The molecule has 1 aromatic carbocycles. The summed E-state index contributed by atoms with van der Waals surface area (Å²) in [6, 6.07) is 8.33. The second-order valence-electron chi connectivity index (χ2n) is 5.84. The Balaban J connectivity index is 2.34. The standard InChI is InChI=1S/C18H17N3/c1-11-17-10-20(3)7-6-15(17)12(2)21-9-13-4-5-14(19)8-16(13)18(11)21/h4-10,19H,1-3H3/p+1. The van der Waals surface area contributed by atoms with E-state index in [1.807, 2.05) is 6.07 Å². The number of aryl methyl sites for hydroxylation is 3. The van der Waals surface area contributed by atoms with Gasteiger partial charge in [0.05, 0.1) is 10.9 Å². The van der Waals surface area contributed by atoms with E-state index >= 15 is 0 Å². The molecule has 0 radical (unpaired) electrons. The molecule has 0 atom stereocenters. The minimum atomic E-state index is 0.811. The molecule has 4 aromatic rings. The van der Waals surface area contributed by atoms with Crippen LogP contribution in [0, 0.1) is 13.8 Å². The molecule has 0 saturated heterocycles. The summed E-state index contributed by atoms with van der Waals surface area (Å²) >= 11 is 0. The van der Waals surface area contributed by atoms with Crippen molar-refractivity contribution in [2.45, 2.75) is 13.8 Å². The molecule has 0 saturated carbocycles. The molecule has 0 fully saturated rings. The number of hydrogen-bond donors (Lipinski definition) is 1. The number of pyridine rings is 2. The topological polar surface area (TPSA) is 34.3 Å². The van der Waals surface area contributed by atoms with E-state index in [9.17, 15) is 0 Å². The Kier molecular flexibility index (Phi) is 2.31. The first-order valence-corrected chi connectivity index (χ1v) is 7.15. The largest absolute Gasteiger partial charge is 0.399 e. The van der Waals surface area contributed by atoms with Crippen LogP contribution in [0.3, 0.4) is 0 Å². The Morgan fingerprint density at radius 3 is 2.67 bits per heavy atom. The van der Waals surface area contributed by atoms with Gasteiger partial charge in [-0.05, 0) is 31.5 Å². The molecule has 4 rings (SSSR count). The van der Waals surface area contributed by atoms with Gasteiger partial charge in [0.1, 0.15) is 7.05 Å². The van der Waals surface area contributed by atoms with Crippen LogP contribution in [0.2, 0.25) is 0 Å². The van der Waals surface area contributed by atoms with Gasteiger partial charge in [-0.15, -0.1) is 0 Å². The lowest BCUT2D eigenvalue weighted by Crippen LogP contribution is -2.26. The molecule has 2 N–H and O–H groups in total. The average Bonchev–Trinajstić information content (AvgIpc) is 2.83. The molecule has 3 aromatic heterocycles. The number of rotatable bonds is 0. The maximum atomic E-state index is 5.99. The fourth-order valence-electron chi connectivity index (χ4n) is 3.34. The predicted octanol–water partition coefficient (Wildman–Crippen LogP) is 3.27. The summed E-state index contributed by atoms with van der Waals surface area (Å²) in [6.45, 7) is 4.37. The lowest BCUT2D eigenvalue weighted by Gasteiger charge is -2.10. The third-order valence-corrected chi connectivity index (χ3v) is 4.45. The van der Waals surface area contributed by atoms with E-state index in [2.05, 4.69) is 66.7 Å². The van der Waals surface area contributed by atoms with Crippen LogP contribution >= 0.6 is 0 Å². The van der Waals surface area contributed by atoms with E-state index in [-0.39, 0.29) is 0 Å². The van der Waals surface area contributed by atoms with Gasteiger partial charge in [0.25, 0.3) is 0 Å². The first-order valence-electron chi connectivity index (χ1n) is 7.15. The van der Waals surface area contributed by atoms with Gasteiger partial charge in [0, 0.05) is 39.8 Å². The number of aromatic nitrogens is 2. The minimum Gasteiger partial charge on any atom is -0.399 e. The van der Waals surface area contributed by atoms with Crippen LogP contribution in [0.4, 0.5) is 5.69 Å². The Labute approximate surface area is 123 Å². The van der Waals surface area contributed by atoms with Crippen molar-refractivity contribution < 1.29 is 4.57 Å². The SMILES string of the molecule is Cc1c2c[n+](C)ccc2c(C)n2cc3ccc(N)cc3c12. The van der Waals surface area contributed by atoms with E-state index in [1.165, 1.54) is 38.3 Å². The Morgan fingerprint density at radius 2 is 1.86 bits per heavy atom. The van der Waals surface area contributed by atoms with Gasteiger partial charge in [-0.3, -0.25) is 0 Å². The minimum absolute atomic E-state index is 0.811. The summed E-state index contributed by atoms with van der Waals surface area (Å²) in [7, 11) is 2.06. The maximum absolute atomic E-state index is 5.99. The van der Waals surface area contributed by atoms with Crippen molar-refractivity contribution in [3.63, 3.8) is 0 Å². The third-order valence-electron chi connectivity index (χ3n) is 4.45. The van der Waals surface area contributed by atoms with E-state index < -0.39 is 0 Å². The van der Waals surface area contributed by atoms with Gasteiger partial charge >= 0.3 is 0 Å². The zero-order valence-electron chi connectivity index (χ0n) is 12.5. The lowest BCUT2D eigenvalue weighted by molar-refractivity contribution is -0.670. The monoisotopic (exact) mass is 276 g/mol. The molecular weight excluding hydrogens is 258 g/mol. The van der Waals surface area contributed by atoms with Gasteiger partial charge in [-0.2, -0.15) is 0 Å². The summed E-state index contributed by atoms with van der Waals surface area (Å²) in [5.41, 5.74) is 10.6. The Morgan fingerprint density at radius 1 is 1.05 bits per heavy atom. The van der Waals surface area contributed by atoms with Crippen LogP contribution in [0.1, 0.15) is 11.3 Å². The molecule has 3 heterocycles. The summed E-state index contributed by atoms with van der Waals surface area (Å²) in [4.78, 5) is 0. The maximum Gasteiger partial charge on any atom is 0.176 e. The summed E-state index contributed by atoms with van der Waals surface area (Å²) in [5.74, 6) is 0. The van der Waals surface area contributed by atoms with Crippen LogP contribution in [-0.2, 0) is 7.05 Å². The molecule has 104 valence electrons. The molecule has 0 amide bonds. The number of nitrogen functional groups attached to an aromatic ring is 1.